The van der Waals surface area contributed by atoms with Crippen molar-refractivity contribution in [3.63, 3.8) is 0 Å². The molecule has 0 aliphatic heterocycles. The van der Waals surface area contributed by atoms with Gasteiger partial charge in [0.1, 0.15) is 0 Å². The van der Waals surface area contributed by atoms with E-state index in [0.717, 1.165) is 0 Å². The van der Waals surface area contributed by atoms with Gasteiger partial charge in [0.05, 0.1) is 5.60 Å². The van der Waals surface area contributed by atoms with Gasteiger partial charge >= 0.3 is 0 Å². The van der Waals surface area contributed by atoms with Crippen LogP contribution in [0.3, 0.4) is 0 Å². The Bertz CT molecular complexity index is 81.1. The van der Waals surface area contributed by atoms with Crippen molar-refractivity contribution in [3.05, 3.63) is 0 Å². The monoisotopic (exact) mass is 132 g/mol. The number of hydrogen-bond donors (Lipinski definition) is 3. The summed E-state index contributed by atoms with van der Waals surface area (Å²) in [5.74, 6) is 5.27. The predicted octanol–water partition coefficient (Wildman–Crippen LogP) is -0.143. The topological polar surface area (TPSA) is 58.3 Å². The maximum absolute atomic E-state index is 9.45. The maximum atomic E-state index is 9.45. The smallest absolute Gasteiger partial charge is 0.0780 e. The molecule has 0 aliphatic rings. The molecule has 0 aromatic rings. The first-order valence-electron chi connectivity index (χ1n) is 3.16. The van der Waals surface area contributed by atoms with E-state index in [0.29, 0.717) is 6.54 Å². The molecule has 0 heterocycles. The summed E-state index contributed by atoms with van der Waals surface area (Å²) >= 11 is 0. The van der Waals surface area contributed by atoms with Crippen molar-refractivity contribution >= 4 is 0 Å². The van der Waals surface area contributed by atoms with Crippen LogP contribution in [0, 0.1) is 5.92 Å². The second kappa shape index (κ2) is 3.15. The van der Waals surface area contributed by atoms with Gasteiger partial charge in [0.25, 0.3) is 0 Å². The Hall–Kier alpha value is -0.120. The van der Waals surface area contributed by atoms with Gasteiger partial charge in [0, 0.05) is 6.54 Å². The second-order valence-corrected chi connectivity index (χ2v) is 2.89. The fraction of sp³-hybridized carbons (Fsp3) is 1.00. The summed E-state index contributed by atoms with van der Waals surface area (Å²) in [5, 5.41) is 9.45. The molecule has 0 saturated heterocycles. The van der Waals surface area contributed by atoms with Crippen LogP contribution < -0.4 is 11.3 Å². The summed E-state index contributed by atoms with van der Waals surface area (Å²) in [7, 11) is 0. The zero-order valence-corrected chi connectivity index (χ0v) is 6.31. The van der Waals surface area contributed by atoms with Gasteiger partial charge in [0.15, 0.2) is 0 Å². The van der Waals surface area contributed by atoms with Crippen LogP contribution >= 0.6 is 0 Å². The largest absolute Gasteiger partial charge is 0.389 e. The molecule has 0 radical (unpaired) electrons. The first kappa shape index (κ1) is 8.88. The van der Waals surface area contributed by atoms with E-state index in [1.807, 2.05) is 13.8 Å². The highest BCUT2D eigenvalue weighted by Gasteiger charge is 2.23. The molecule has 1 atom stereocenters. The maximum Gasteiger partial charge on any atom is 0.0780 e. The van der Waals surface area contributed by atoms with Crippen molar-refractivity contribution in [1.82, 2.24) is 5.43 Å². The lowest BCUT2D eigenvalue weighted by Gasteiger charge is -2.26. The van der Waals surface area contributed by atoms with Gasteiger partial charge in [-0.15, -0.1) is 0 Å². The van der Waals surface area contributed by atoms with Crippen LogP contribution in [0.5, 0.6) is 0 Å². The highest BCUT2D eigenvalue weighted by Crippen LogP contribution is 2.13. The number of hydrogen-bond acceptors (Lipinski definition) is 3. The highest BCUT2D eigenvalue weighted by molar-refractivity contribution is 4.77. The molecule has 9 heavy (non-hydrogen) atoms. The molecule has 3 nitrogen and oxygen atoms in total. The first-order chi connectivity index (χ1) is 4.00. The van der Waals surface area contributed by atoms with Crippen LogP contribution in [0.15, 0.2) is 0 Å². The number of aliphatic hydroxyl groups is 1. The standard InChI is InChI=1S/C6H16N2O/c1-5(2)6(3,9)4-8-7/h5,8-9H,4,7H2,1-3H3. The lowest BCUT2D eigenvalue weighted by atomic mass is 9.93. The van der Waals surface area contributed by atoms with Crippen LogP contribution in [0.1, 0.15) is 20.8 Å². The molecule has 0 aromatic heterocycles. The average molecular weight is 132 g/mol. The summed E-state index contributed by atoms with van der Waals surface area (Å²) in [6, 6.07) is 0. The van der Waals surface area contributed by atoms with Crippen LogP contribution in [-0.2, 0) is 0 Å². The second-order valence-electron chi connectivity index (χ2n) is 2.89. The average Bonchev–Trinajstić information content (AvgIpc) is 1.65. The summed E-state index contributed by atoms with van der Waals surface area (Å²) in [6.45, 7) is 6.11. The lowest BCUT2D eigenvalue weighted by molar-refractivity contribution is 0.0144. The van der Waals surface area contributed by atoms with E-state index >= 15 is 0 Å². The number of nitrogens with one attached hydrogen (secondary N) is 1. The Morgan fingerprint density at radius 3 is 2.22 bits per heavy atom. The molecule has 4 N–H and O–H groups in total. The van der Waals surface area contributed by atoms with Crippen molar-refractivity contribution in [2.75, 3.05) is 6.54 Å². The molecule has 1 unspecified atom stereocenters. The third-order valence-corrected chi connectivity index (χ3v) is 1.70. The predicted molar refractivity (Wildman–Crippen MR) is 37.7 cm³/mol. The molecule has 56 valence electrons. The Morgan fingerprint density at radius 2 is 2.11 bits per heavy atom. The molecule has 0 rings (SSSR count). The Labute approximate surface area is 56.2 Å². The highest BCUT2D eigenvalue weighted by atomic mass is 16.3. The molecule has 0 aromatic carbocycles. The van der Waals surface area contributed by atoms with Gasteiger partial charge < -0.3 is 5.11 Å². The normalized spacial score (nSPS) is 18.0. The van der Waals surface area contributed by atoms with E-state index in [4.69, 9.17) is 5.84 Å². The molecular formula is C6H16N2O. The fourth-order valence-electron chi connectivity index (χ4n) is 0.411. The Balaban J connectivity index is 3.70. The molecule has 0 saturated carbocycles. The lowest BCUT2D eigenvalue weighted by Crippen LogP contribution is -2.44. The summed E-state index contributed by atoms with van der Waals surface area (Å²) in [6.07, 6.45) is 0. The summed E-state index contributed by atoms with van der Waals surface area (Å²) in [4.78, 5) is 0. The van der Waals surface area contributed by atoms with Gasteiger partial charge in [-0.1, -0.05) is 13.8 Å². The van der Waals surface area contributed by atoms with E-state index in [1.165, 1.54) is 0 Å². The third-order valence-electron chi connectivity index (χ3n) is 1.70. The van der Waals surface area contributed by atoms with Crippen molar-refractivity contribution in [1.29, 1.82) is 0 Å². The fourth-order valence-corrected chi connectivity index (χ4v) is 0.411. The van der Waals surface area contributed by atoms with Crippen LogP contribution in [0.25, 0.3) is 0 Å². The Morgan fingerprint density at radius 1 is 1.67 bits per heavy atom. The molecule has 0 aliphatic carbocycles. The van der Waals surface area contributed by atoms with Crippen molar-refractivity contribution in [3.8, 4) is 0 Å². The molecule has 0 fully saturated rings. The van der Waals surface area contributed by atoms with Crippen LogP contribution in [0.4, 0.5) is 0 Å². The van der Waals surface area contributed by atoms with Gasteiger partial charge in [-0.25, -0.2) is 0 Å². The van der Waals surface area contributed by atoms with Crippen molar-refractivity contribution in [2.45, 2.75) is 26.4 Å². The van der Waals surface area contributed by atoms with E-state index in [2.05, 4.69) is 5.43 Å². The summed E-state index contributed by atoms with van der Waals surface area (Å²) in [5.41, 5.74) is 1.75. The third kappa shape index (κ3) is 2.79. The van der Waals surface area contributed by atoms with Gasteiger partial charge in [-0.2, -0.15) is 0 Å². The zero-order chi connectivity index (χ0) is 7.49. The Kier molecular flexibility index (Phi) is 3.11. The van der Waals surface area contributed by atoms with Crippen LogP contribution in [0.2, 0.25) is 0 Å². The van der Waals surface area contributed by atoms with Gasteiger partial charge in [-0.3, -0.25) is 11.3 Å². The van der Waals surface area contributed by atoms with Crippen molar-refractivity contribution in [2.24, 2.45) is 11.8 Å². The quantitative estimate of drug-likeness (QED) is 0.370. The van der Waals surface area contributed by atoms with E-state index in [9.17, 15) is 5.11 Å². The number of nitrogens with two attached hydrogens (primary N) is 1. The first-order valence-corrected chi connectivity index (χ1v) is 3.16. The molecule has 0 amide bonds. The van der Waals surface area contributed by atoms with E-state index in [1.54, 1.807) is 6.92 Å². The van der Waals surface area contributed by atoms with Crippen molar-refractivity contribution < 1.29 is 5.11 Å². The summed E-state index contributed by atoms with van der Waals surface area (Å²) < 4.78 is 0. The minimum atomic E-state index is -0.686. The van der Waals surface area contributed by atoms with Gasteiger partial charge in [-0.05, 0) is 12.8 Å². The molecule has 3 heteroatoms. The van der Waals surface area contributed by atoms with E-state index in [-0.39, 0.29) is 5.92 Å². The zero-order valence-electron chi connectivity index (χ0n) is 6.31. The number of hydrazine groups is 1. The van der Waals surface area contributed by atoms with Gasteiger partial charge in [0.2, 0.25) is 0 Å². The minimum Gasteiger partial charge on any atom is -0.389 e. The molecule has 0 spiro atoms. The van der Waals surface area contributed by atoms with Crippen LogP contribution in [-0.4, -0.2) is 17.3 Å². The minimum absolute atomic E-state index is 0.230. The van der Waals surface area contributed by atoms with E-state index < -0.39 is 5.60 Å². The molecular weight excluding hydrogens is 116 g/mol. The molecule has 0 bridgehead atoms. The number of rotatable bonds is 3. The SMILES string of the molecule is CC(C)C(C)(O)CNN.